The standard InChI is InChI=1S/C35H31F3N4O3/c36-19-35(10-11-35)20-42-30-15-23(34(43)44)5-7-29(30)40-32(42)18-41-12-8-22(9-13-41)24-2-1-3-26-28(38)16-31(45-33(24)26)25-6-4-21(17-39)14-27(25)37/h1-7,14-16,22,31H,8-13,18-20H2,(H,43,44). The van der Waals surface area contributed by atoms with Gasteiger partial charge in [0.25, 0.3) is 0 Å². The zero-order valence-electron chi connectivity index (χ0n) is 24.5. The Balaban J connectivity index is 1.10. The third-order valence-electron chi connectivity index (χ3n) is 9.48. The van der Waals surface area contributed by atoms with Crippen LogP contribution < -0.4 is 4.74 Å². The highest BCUT2D eigenvalue weighted by Gasteiger charge is 2.44. The van der Waals surface area contributed by atoms with Crippen LogP contribution in [0.15, 0.2) is 60.7 Å². The molecule has 2 aliphatic heterocycles. The van der Waals surface area contributed by atoms with Gasteiger partial charge < -0.3 is 14.4 Å². The second-order valence-corrected chi connectivity index (χ2v) is 12.4. The van der Waals surface area contributed by atoms with Crippen molar-refractivity contribution in [3.63, 3.8) is 0 Å². The van der Waals surface area contributed by atoms with Crippen molar-refractivity contribution in [3.05, 3.63) is 100 Å². The lowest BCUT2D eigenvalue weighted by Crippen LogP contribution is -2.34. The van der Waals surface area contributed by atoms with Crippen LogP contribution in [0.1, 0.15) is 76.1 Å². The summed E-state index contributed by atoms with van der Waals surface area (Å²) in [5.41, 5.74) is 2.72. The van der Waals surface area contributed by atoms with Crippen LogP contribution in [0.25, 0.3) is 16.9 Å². The molecule has 7 nitrogen and oxygen atoms in total. The van der Waals surface area contributed by atoms with Crippen molar-refractivity contribution < 1.29 is 27.8 Å². The number of nitrogens with zero attached hydrogens (tertiary/aromatic N) is 4. The molecule has 1 aromatic heterocycles. The van der Waals surface area contributed by atoms with Crippen LogP contribution in [-0.2, 0) is 13.1 Å². The number of carboxylic acid groups (broad SMARTS) is 1. The van der Waals surface area contributed by atoms with Gasteiger partial charge in [-0.2, -0.15) is 5.26 Å². The van der Waals surface area contributed by atoms with Crippen LogP contribution in [0, 0.1) is 22.6 Å². The number of piperidine rings is 1. The SMILES string of the molecule is N#Cc1ccc(C2C=C(F)c3cccc(C4CCN(Cc5nc6ccc(C(=O)O)cc6n5CC5(CF)CC5)CC4)c3O2)c(F)c1. The number of alkyl halides is 1. The Morgan fingerprint density at radius 2 is 1.89 bits per heavy atom. The molecule has 1 unspecified atom stereocenters. The predicted molar refractivity (Wildman–Crippen MR) is 162 cm³/mol. The van der Waals surface area contributed by atoms with Crippen molar-refractivity contribution in [3.8, 4) is 11.8 Å². The minimum atomic E-state index is -1.02. The molecule has 0 amide bonds. The predicted octanol–water partition coefficient (Wildman–Crippen LogP) is 7.32. The van der Waals surface area contributed by atoms with Crippen LogP contribution in [0.2, 0.25) is 0 Å². The Morgan fingerprint density at radius 3 is 2.58 bits per heavy atom. The molecule has 230 valence electrons. The van der Waals surface area contributed by atoms with Crippen LogP contribution in [0.3, 0.4) is 0 Å². The second kappa shape index (κ2) is 11.4. The van der Waals surface area contributed by atoms with Crippen molar-refractivity contribution in [1.29, 1.82) is 5.26 Å². The number of fused-ring (bicyclic) bond motifs is 2. The first-order valence-corrected chi connectivity index (χ1v) is 15.1. The lowest BCUT2D eigenvalue weighted by molar-refractivity contribution is 0.0697. The number of imidazole rings is 1. The van der Waals surface area contributed by atoms with Gasteiger partial charge in [-0.1, -0.05) is 18.2 Å². The maximum absolute atomic E-state index is 15.3. The van der Waals surface area contributed by atoms with Gasteiger partial charge in [-0.25, -0.2) is 18.6 Å². The zero-order valence-corrected chi connectivity index (χ0v) is 24.5. The maximum Gasteiger partial charge on any atom is 0.335 e. The van der Waals surface area contributed by atoms with Crippen molar-refractivity contribution in [2.75, 3.05) is 19.8 Å². The van der Waals surface area contributed by atoms with Crippen molar-refractivity contribution in [2.24, 2.45) is 5.41 Å². The van der Waals surface area contributed by atoms with E-state index in [0.29, 0.717) is 35.4 Å². The zero-order chi connectivity index (χ0) is 31.3. The minimum Gasteiger partial charge on any atom is -0.480 e. The molecule has 1 aliphatic carbocycles. The molecule has 45 heavy (non-hydrogen) atoms. The topological polar surface area (TPSA) is 91.4 Å². The summed E-state index contributed by atoms with van der Waals surface area (Å²) in [5.74, 6) is -0.826. The van der Waals surface area contributed by atoms with Gasteiger partial charge in [0.2, 0.25) is 0 Å². The number of para-hydroxylation sites is 1. The molecule has 10 heteroatoms. The summed E-state index contributed by atoms with van der Waals surface area (Å²) < 4.78 is 52.3. The number of carboxylic acids is 1. The third-order valence-corrected chi connectivity index (χ3v) is 9.48. The van der Waals surface area contributed by atoms with Gasteiger partial charge in [-0.15, -0.1) is 0 Å². The van der Waals surface area contributed by atoms with E-state index in [0.717, 1.165) is 56.2 Å². The van der Waals surface area contributed by atoms with Crippen LogP contribution in [0.5, 0.6) is 5.75 Å². The lowest BCUT2D eigenvalue weighted by Gasteiger charge is -2.34. The van der Waals surface area contributed by atoms with Gasteiger partial charge in [-0.3, -0.25) is 9.29 Å². The Bertz CT molecular complexity index is 1880. The molecule has 1 saturated carbocycles. The minimum absolute atomic E-state index is 0.0896. The number of rotatable bonds is 8. The second-order valence-electron chi connectivity index (χ2n) is 12.4. The summed E-state index contributed by atoms with van der Waals surface area (Å²) in [5, 5.41) is 18.6. The van der Waals surface area contributed by atoms with Gasteiger partial charge >= 0.3 is 5.97 Å². The van der Waals surface area contributed by atoms with Gasteiger partial charge in [0.1, 0.15) is 29.3 Å². The number of hydrogen-bond donors (Lipinski definition) is 1. The summed E-state index contributed by atoms with van der Waals surface area (Å²) in [6.07, 6.45) is 3.45. The van der Waals surface area contributed by atoms with Crippen LogP contribution in [-0.4, -0.2) is 45.3 Å². The van der Waals surface area contributed by atoms with E-state index in [1.165, 1.54) is 18.2 Å². The summed E-state index contributed by atoms with van der Waals surface area (Å²) in [6, 6.07) is 16.3. The highest BCUT2D eigenvalue weighted by molar-refractivity contribution is 5.92. The molecule has 2 fully saturated rings. The summed E-state index contributed by atoms with van der Waals surface area (Å²) in [4.78, 5) is 18.8. The quantitative estimate of drug-likeness (QED) is 0.224. The first kappa shape index (κ1) is 29.1. The summed E-state index contributed by atoms with van der Waals surface area (Å²) in [6.45, 7) is 2.04. The molecule has 3 aromatic carbocycles. The number of ether oxygens (including phenoxy) is 1. The summed E-state index contributed by atoms with van der Waals surface area (Å²) >= 11 is 0. The van der Waals surface area contributed by atoms with Crippen molar-refractivity contribution >= 4 is 22.8 Å². The maximum atomic E-state index is 15.3. The van der Waals surface area contributed by atoms with Gasteiger partial charge in [0, 0.05) is 17.5 Å². The van der Waals surface area contributed by atoms with E-state index in [9.17, 15) is 18.7 Å². The molecule has 1 N–H and O–H groups in total. The van der Waals surface area contributed by atoms with E-state index in [-0.39, 0.29) is 22.6 Å². The van der Waals surface area contributed by atoms with Crippen LogP contribution in [0.4, 0.5) is 13.2 Å². The van der Waals surface area contributed by atoms with Gasteiger partial charge in [0.05, 0.1) is 47.0 Å². The molecule has 1 atom stereocenters. The number of hydrogen-bond acceptors (Lipinski definition) is 5. The normalized spacial score (nSPS) is 19.4. The van der Waals surface area contributed by atoms with Crippen LogP contribution >= 0.6 is 0 Å². The molecule has 4 aromatic rings. The summed E-state index contributed by atoms with van der Waals surface area (Å²) in [7, 11) is 0. The molecular formula is C35H31F3N4O3. The number of benzene rings is 3. The van der Waals surface area contributed by atoms with E-state index >= 15 is 4.39 Å². The lowest BCUT2D eigenvalue weighted by atomic mass is 9.86. The number of nitriles is 1. The highest BCUT2D eigenvalue weighted by Crippen LogP contribution is 2.48. The molecule has 0 bridgehead atoms. The third kappa shape index (κ3) is 5.46. The Hall–Kier alpha value is -4.62. The highest BCUT2D eigenvalue weighted by atomic mass is 19.1. The van der Waals surface area contributed by atoms with E-state index in [4.69, 9.17) is 15.0 Å². The first-order valence-electron chi connectivity index (χ1n) is 15.1. The number of likely N-dealkylation sites (tertiary alicyclic amines) is 1. The van der Waals surface area contributed by atoms with E-state index in [2.05, 4.69) is 4.90 Å². The molecule has 7 rings (SSSR count). The number of halogens is 3. The number of aromatic nitrogens is 2. The van der Waals surface area contributed by atoms with E-state index < -0.39 is 35.8 Å². The first-order chi connectivity index (χ1) is 21.8. The van der Waals surface area contributed by atoms with Crippen molar-refractivity contribution in [1.82, 2.24) is 14.5 Å². The Kier molecular flexibility index (Phi) is 7.37. The fourth-order valence-electron chi connectivity index (χ4n) is 6.61. The molecule has 3 aliphatic rings. The van der Waals surface area contributed by atoms with E-state index in [1.54, 1.807) is 24.3 Å². The fourth-order valence-corrected chi connectivity index (χ4v) is 6.61. The Morgan fingerprint density at radius 1 is 1.09 bits per heavy atom. The van der Waals surface area contributed by atoms with Gasteiger partial charge in [-0.05, 0) is 92.7 Å². The number of carbonyl (C=O) groups is 1. The average molecular weight is 613 g/mol. The van der Waals surface area contributed by atoms with Crippen molar-refractivity contribution in [2.45, 2.75) is 50.8 Å². The monoisotopic (exact) mass is 612 g/mol. The fraction of sp³-hybridized carbons (Fsp3) is 0.343. The Labute approximate surface area is 258 Å². The number of aromatic carboxylic acids is 1. The molecule has 3 heterocycles. The average Bonchev–Trinajstić information content (AvgIpc) is 3.75. The smallest absolute Gasteiger partial charge is 0.335 e. The largest absolute Gasteiger partial charge is 0.480 e. The molecule has 0 radical (unpaired) electrons. The van der Waals surface area contributed by atoms with E-state index in [1.807, 2.05) is 22.8 Å². The molecular weight excluding hydrogens is 581 g/mol. The van der Waals surface area contributed by atoms with Gasteiger partial charge in [0.15, 0.2) is 0 Å². The molecule has 0 spiro atoms. The molecule has 1 saturated heterocycles.